The number of hydrogen-bond acceptors (Lipinski definition) is 4. The molecule has 122 valence electrons. The van der Waals surface area contributed by atoms with Gasteiger partial charge in [0.1, 0.15) is 5.84 Å². The number of aromatic nitrogens is 3. The fourth-order valence-electron chi connectivity index (χ4n) is 2.35. The molecule has 24 heavy (non-hydrogen) atoms. The lowest BCUT2D eigenvalue weighted by Gasteiger charge is -2.04. The van der Waals surface area contributed by atoms with E-state index < -0.39 is 0 Å². The van der Waals surface area contributed by atoms with Crippen molar-refractivity contribution in [3.63, 3.8) is 0 Å². The van der Waals surface area contributed by atoms with E-state index >= 15 is 0 Å². The van der Waals surface area contributed by atoms with Crippen LogP contribution in [0.25, 0.3) is 5.82 Å². The van der Waals surface area contributed by atoms with Crippen LogP contribution >= 0.6 is 11.6 Å². The molecule has 3 aromatic rings. The van der Waals surface area contributed by atoms with Crippen molar-refractivity contribution < 1.29 is 0 Å². The molecule has 2 heterocycles. The Morgan fingerprint density at radius 3 is 2.88 bits per heavy atom. The zero-order valence-corrected chi connectivity index (χ0v) is 13.4. The van der Waals surface area contributed by atoms with Gasteiger partial charge < -0.3 is 11.6 Å². The first kappa shape index (κ1) is 15.8. The molecule has 0 saturated heterocycles. The molecule has 0 amide bonds. The first-order valence-corrected chi connectivity index (χ1v) is 7.50. The number of nitrogens with one attached hydrogen (secondary N) is 1. The molecule has 0 unspecified atom stereocenters. The summed E-state index contributed by atoms with van der Waals surface area (Å²) in [6.07, 6.45) is 2.08. The molecule has 0 fully saturated rings. The summed E-state index contributed by atoms with van der Waals surface area (Å²) >= 11 is 5.98. The Balaban J connectivity index is 1.93. The number of rotatable bonds is 4. The van der Waals surface area contributed by atoms with E-state index in [1.807, 2.05) is 18.2 Å². The normalized spacial score (nSPS) is 11.6. The average molecular weight is 343 g/mol. The minimum Gasteiger partial charge on any atom is -0.382 e. The van der Waals surface area contributed by atoms with Crippen LogP contribution in [0.15, 0.2) is 58.6 Å². The molecule has 0 bridgehead atoms. The van der Waals surface area contributed by atoms with Crippen molar-refractivity contribution in [2.24, 2.45) is 16.7 Å². The number of halogens is 1. The molecule has 0 radical (unpaired) electrons. The lowest BCUT2D eigenvalue weighted by atomic mass is 10.1. The second-order valence-corrected chi connectivity index (χ2v) is 5.62. The molecule has 0 aliphatic heterocycles. The third kappa shape index (κ3) is 3.31. The maximum absolute atomic E-state index is 12.2. The van der Waals surface area contributed by atoms with Crippen LogP contribution in [0.1, 0.15) is 16.8 Å². The van der Waals surface area contributed by atoms with Crippen LogP contribution in [-0.2, 0) is 6.42 Å². The summed E-state index contributed by atoms with van der Waals surface area (Å²) in [4.78, 5) is 16.4. The number of nitrogens with two attached hydrogens (primary N) is 2. The van der Waals surface area contributed by atoms with Crippen molar-refractivity contribution >= 4 is 17.4 Å². The summed E-state index contributed by atoms with van der Waals surface area (Å²) in [5.41, 5.74) is 7.79. The summed E-state index contributed by atoms with van der Waals surface area (Å²) in [5, 5.41) is 7.13. The van der Waals surface area contributed by atoms with Crippen LogP contribution < -0.4 is 17.1 Å². The summed E-state index contributed by atoms with van der Waals surface area (Å²) in [5.74, 6) is 5.75. The number of hydrogen-bond donors (Lipinski definition) is 3. The number of pyridine rings is 1. The lowest BCUT2D eigenvalue weighted by molar-refractivity contribution is 0.798. The summed E-state index contributed by atoms with van der Waals surface area (Å²) in [6, 6.07) is 12.3. The van der Waals surface area contributed by atoms with Gasteiger partial charge >= 0.3 is 0 Å². The number of benzene rings is 1. The Kier molecular flexibility index (Phi) is 4.35. The highest BCUT2D eigenvalue weighted by atomic mass is 35.5. The van der Waals surface area contributed by atoms with Gasteiger partial charge in [-0.3, -0.25) is 9.89 Å². The molecule has 0 aliphatic carbocycles. The zero-order chi connectivity index (χ0) is 17.1. The molecule has 0 spiro atoms. The van der Waals surface area contributed by atoms with Crippen molar-refractivity contribution in [3.8, 4) is 5.82 Å². The van der Waals surface area contributed by atoms with E-state index in [-0.39, 0.29) is 11.4 Å². The van der Waals surface area contributed by atoms with E-state index in [0.29, 0.717) is 22.8 Å². The van der Waals surface area contributed by atoms with Crippen LogP contribution in [0, 0.1) is 0 Å². The van der Waals surface area contributed by atoms with E-state index in [0.717, 1.165) is 11.3 Å². The van der Waals surface area contributed by atoms with Gasteiger partial charge in [-0.25, -0.2) is 9.67 Å². The highest BCUT2D eigenvalue weighted by Crippen LogP contribution is 2.14. The molecule has 2 aromatic heterocycles. The number of H-pyrrole nitrogens is 1. The topological polar surface area (TPSA) is 115 Å². The van der Waals surface area contributed by atoms with E-state index in [4.69, 9.17) is 23.2 Å². The van der Waals surface area contributed by atoms with E-state index in [9.17, 15) is 4.79 Å². The van der Waals surface area contributed by atoms with Gasteiger partial charge in [-0.15, -0.1) is 0 Å². The fraction of sp³-hybridized carbons (Fsp3) is 0.0625. The number of amidine groups is 1. The van der Waals surface area contributed by atoms with E-state index in [1.54, 1.807) is 18.2 Å². The Hall–Kier alpha value is -3.06. The van der Waals surface area contributed by atoms with Gasteiger partial charge in [0.2, 0.25) is 0 Å². The molecule has 8 heteroatoms. The predicted octanol–water partition coefficient (Wildman–Crippen LogP) is 1.38. The third-order valence-electron chi connectivity index (χ3n) is 3.47. The zero-order valence-electron chi connectivity index (χ0n) is 12.6. The second-order valence-electron chi connectivity index (χ2n) is 5.18. The first-order valence-electron chi connectivity index (χ1n) is 7.12. The van der Waals surface area contributed by atoms with Gasteiger partial charge in [-0.2, -0.15) is 5.10 Å². The van der Waals surface area contributed by atoms with E-state index in [2.05, 4.69) is 15.2 Å². The van der Waals surface area contributed by atoms with Crippen molar-refractivity contribution in [2.75, 3.05) is 0 Å². The average Bonchev–Trinajstić information content (AvgIpc) is 2.94. The predicted molar refractivity (Wildman–Crippen MR) is 93.4 cm³/mol. The van der Waals surface area contributed by atoms with Gasteiger partial charge in [-0.05, 0) is 29.8 Å². The molecule has 0 aliphatic rings. The van der Waals surface area contributed by atoms with Crippen LogP contribution in [0.3, 0.4) is 0 Å². The molecular formula is C16H15ClN6O. The summed E-state index contributed by atoms with van der Waals surface area (Å²) < 4.78 is 1.34. The number of hydrazone groups is 1. The van der Waals surface area contributed by atoms with Crippen LogP contribution in [0.4, 0.5) is 0 Å². The van der Waals surface area contributed by atoms with Crippen molar-refractivity contribution in [1.82, 2.24) is 14.8 Å². The van der Waals surface area contributed by atoms with Gasteiger partial charge in [-0.1, -0.05) is 23.7 Å². The van der Waals surface area contributed by atoms with Gasteiger partial charge in [0.25, 0.3) is 5.56 Å². The van der Waals surface area contributed by atoms with Gasteiger partial charge in [0, 0.05) is 35.0 Å². The highest BCUT2D eigenvalue weighted by molar-refractivity contribution is 6.30. The maximum atomic E-state index is 12.2. The molecule has 0 atom stereocenters. The largest absolute Gasteiger partial charge is 0.382 e. The molecule has 3 rings (SSSR count). The van der Waals surface area contributed by atoms with Crippen LogP contribution in [0.5, 0.6) is 0 Å². The monoisotopic (exact) mass is 342 g/mol. The van der Waals surface area contributed by atoms with Gasteiger partial charge in [0.15, 0.2) is 5.82 Å². The van der Waals surface area contributed by atoms with E-state index in [1.165, 1.54) is 16.9 Å². The molecule has 0 saturated carbocycles. The Morgan fingerprint density at radius 1 is 1.29 bits per heavy atom. The maximum Gasteiger partial charge on any atom is 0.272 e. The third-order valence-corrected chi connectivity index (χ3v) is 3.70. The summed E-state index contributed by atoms with van der Waals surface area (Å²) in [6.45, 7) is 0. The molecule has 5 N–H and O–H groups in total. The Labute approximate surface area is 142 Å². The highest BCUT2D eigenvalue weighted by Gasteiger charge is 2.09. The van der Waals surface area contributed by atoms with Crippen molar-refractivity contribution in [1.29, 1.82) is 0 Å². The van der Waals surface area contributed by atoms with Crippen molar-refractivity contribution in [2.45, 2.75) is 6.42 Å². The fourth-order valence-corrected chi connectivity index (χ4v) is 2.56. The molecule has 1 aromatic carbocycles. The van der Waals surface area contributed by atoms with Crippen LogP contribution in [-0.4, -0.2) is 20.6 Å². The molecular weight excluding hydrogens is 328 g/mol. The Bertz CT molecular complexity index is 959. The van der Waals surface area contributed by atoms with Gasteiger partial charge in [0.05, 0.1) is 0 Å². The molecule has 7 nitrogen and oxygen atoms in total. The quantitative estimate of drug-likeness (QED) is 0.287. The number of nitrogens with zero attached hydrogens (tertiary/aromatic N) is 3. The first-order chi connectivity index (χ1) is 11.6. The minimum absolute atomic E-state index is 0.164. The lowest BCUT2D eigenvalue weighted by Crippen LogP contribution is -2.19. The smallest absolute Gasteiger partial charge is 0.272 e. The second kappa shape index (κ2) is 6.59. The van der Waals surface area contributed by atoms with Crippen molar-refractivity contribution in [3.05, 3.63) is 80.9 Å². The standard InChI is InChI=1S/C16H15ClN6O/c17-12-3-1-2-10(6-12)7-13-9-15(24)23(22-13)14-8-11(4-5-20-14)16(18)21-19/h1-6,8-9,22H,7,19H2,(H2,18,21). The van der Waals surface area contributed by atoms with Crippen LogP contribution in [0.2, 0.25) is 5.02 Å². The Morgan fingerprint density at radius 2 is 2.12 bits per heavy atom. The summed E-state index contributed by atoms with van der Waals surface area (Å²) in [7, 11) is 0. The minimum atomic E-state index is -0.222. The number of aromatic amines is 1. The SMILES string of the molecule is N/N=C(\N)c1ccnc(-n2[nH]c(Cc3cccc(Cl)c3)cc2=O)c1.